The highest BCUT2D eigenvalue weighted by molar-refractivity contribution is 14.1. The first-order chi connectivity index (χ1) is 6.96. The number of amides is 1. The number of rotatable bonds is 3. The molecule has 0 fully saturated rings. The summed E-state index contributed by atoms with van der Waals surface area (Å²) in [5.41, 5.74) is 0.641. The van der Waals surface area contributed by atoms with Crippen LogP contribution in [-0.2, 0) is 5.41 Å². The Balaban J connectivity index is 2.86. The Morgan fingerprint density at radius 1 is 1.53 bits per heavy atom. The second-order valence-corrected chi connectivity index (χ2v) is 5.98. The van der Waals surface area contributed by atoms with E-state index in [0.29, 0.717) is 11.4 Å². The highest BCUT2D eigenvalue weighted by Gasteiger charge is 2.25. The summed E-state index contributed by atoms with van der Waals surface area (Å²) in [7, 11) is 0. The van der Waals surface area contributed by atoms with E-state index in [1.807, 2.05) is 20.8 Å². The van der Waals surface area contributed by atoms with Crippen molar-refractivity contribution in [3.63, 3.8) is 0 Å². The summed E-state index contributed by atoms with van der Waals surface area (Å²) in [6, 6.07) is 0. The molecule has 0 radical (unpaired) electrons. The minimum absolute atomic E-state index is 0.0633. The topological polar surface area (TPSA) is 54.9 Å². The van der Waals surface area contributed by atoms with Gasteiger partial charge in [0.15, 0.2) is 0 Å². The third-order valence-electron chi connectivity index (χ3n) is 1.78. The molecule has 0 saturated heterocycles. The molecule has 0 unspecified atom stereocenters. The summed E-state index contributed by atoms with van der Waals surface area (Å²) < 4.78 is 4.75. The van der Waals surface area contributed by atoms with Gasteiger partial charge in [0.2, 0.25) is 0 Å². The molecule has 6 heteroatoms. The van der Waals surface area contributed by atoms with Crippen molar-refractivity contribution in [3.8, 4) is 0 Å². The van der Waals surface area contributed by atoms with Crippen LogP contribution in [0.5, 0.6) is 0 Å². The maximum atomic E-state index is 11.7. The van der Waals surface area contributed by atoms with Crippen LogP contribution in [0.4, 0.5) is 0 Å². The van der Waals surface area contributed by atoms with Gasteiger partial charge in [0.1, 0.15) is 4.88 Å². The van der Waals surface area contributed by atoms with Crippen LogP contribution in [0.2, 0.25) is 0 Å². The summed E-state index contributed by atoms with van der Waals surface area (Å²) in [6.45, 7) is 6.76. The summed E-state index contributed by atoms with van der Waals surface area (Å²) in [4.78, 5) is 12.4. The molecule has 15 heavy (non-hydrogen) atoms. The number of carbonyl (C=O) groups is 1. The number of nitrogens with zero attached hydrogens (tertiary/aromatic N) is 2. The standard InChI is InChI=1S/C9H14IN3OS/c1-9(2,3)7-6(15-13-12-7)8(14)11-5-4-10/h4-5H2,1-3H3,(H,11,14). The molecule has 0 atom stereocenters. The van der Waals surface area contributed by atoms with Crippen LogP contribution in [0.1, 0.15) is 36.1 Å². The molecule has 1 amide bonds. The van der Waals surface area contributed by atoms with E-state index < -0.39 is 0 Å². The van der Waals surface area contributed by atoms with Gasteiger partial charge in [0.05, 0.1) is 5.69 Å². The van der Waals surface area contributed by atoms with Crippen LogP contribution in [-0.4, -0.2) is 26.5 Å². The average molecular weight is 339 g/mol. The van der Waals surface area contributed by atoms with Gasteiger partial charge >= 0.3 is 0 Å². The number of halogens is 1. The molecule has 1 aromatic heterocycles. The molecule has 1 heterocycles. The Morgan fingerprint density at radius 2 is 2.20 bits per heavy atom. The number of alkyl halides is 1. The molecule has 0 aliphatic rings. The number of hydrogen-bond acceptors (Lipinski definition) is 4. The summed E-state index contributed by atoms with van der Waals surface area (Å²) in [6.07, 6.45) is 0. The van der Waals surface area contributed by atoms with E-state index >= 15 is 0 Å². The fourth-order valence-corrected chi connectivity index (χ4v) is 2.13. The largest absolute Gasteiger partial charge is 0.350 e. The van der Waals surface area contributed by atoms with Crippen LogP contribution >= 0.6 is 34.1 Å². The molecule has 1 N–H and O–H groups in total. The molecule has 1 aromatic rings. The highest BCUT2D eigenvalue weighted by Crippen LogP contribution is 2.25. The number of carbonyl (C=O) groups excluding carboxylic acids is 1. The van der Waals surface area contributed by atoms with Gasteiger partial charge in [-0.25, -0.2) is 0 Å². The third kappa shape index (κ3) is 3.37. The van der Waals surface area contributed by atoms with E-state index in [-0.39, 0.29) is 11.3 Å². The SMILES string of the molecule is CC(C)(C)c1nnsc1C(=O)NCCI. The number of aromatic nitrogens is 2. The summed E-state index contributed by atoms with van der Waals surface area (Å²) in [5, 5.41) is 6.85. The number of nitrogens with one attached hydrogen (secondary N) is 1. The fraction of sp³-hybridized carbons (Fsp3) is 0.667. The Labute approximate surface area is 107 Å². The Morgan fingerprint density at radius 3 is 2.73 bits per heavy atom. The molecule has 1 rings (SSSR count). The van der Waals surface area contributed by atoms with Crippen LogP contribution in [0.15, 0.2) is 0 Å². The molecular formula is C9H14IN3OS. The van der Waals surface area contributed by atoms with Gasteiger partial charge in [-0.05, 0) is 11.5 Å². The van der Waals surface area contributed by atoms with Gasteiger partial charge in [-0.15, -0.1) is 5.10 Å². The molecule has 84 valence electrons. The van der Waals surface area contributed by atoms with Crippen LogP contribution < -0.4 is 5.32 Å². The normalized spacial score (nSPS) is 11.5. The third-order valence-corrected chi connectivity index (χ3v) is 3.05. The lowest BCUT2D eigenvalue weighted by Crippen LogP contribution is -2.27. The van der Waals surface area contributed by atoms with Gasteiger partial charge in [0.25, 0.3) is 5.91 Å². The molecule has 0 aliphatic heterocycles. The second kappa shape index (κ2) is 5.20. The predicted molar refractivity (Wildman–Crippen MR) is 69.8 cm³/mol. The zero-order valence-corrected chi connectivity index (χ0v) is 12.0. The van der Waals surface area contributed by atoms with Crippen molar-refractivity contribution >= 4 is 40.0 Å². The van der Waals surface area contributed by atoms with Crippen LogP contribution in [0.25, 0.3) is 0 Å². The van der Waals surface area contributed by atoms with Crippen LogP contribution in [0, 0.1) is 0 Å². The van der Waals surface area contributed by atoms with Gasteiger partial charge in [0, 0.05) is 16.4 Å². The molecule has 0 saturated carbocycles. The van der Waals surface area contributed by atoms with Gasteiger partial charge in [-0.3, -0.25) is 4.79 Å². The molecule has 0 aromatic carbocycles. The van der Waals surface area contributed by atoms with E-state index in [1.54, 1.807) is 0 Å². The smallest absolute Gasteiger partial charge is 0.264 e. The predicted octanol–water partition coefficient (Wildman–Crippen LogP) is 2.00. The van der Waals surface area contributed by atoms with Crippen LogP contribution in [0.3, 0.4) is 0 Å². The summed E-state index contributed by atoms with van der Waals surface area (Å²) in [5.74, 6) is -0.0633. The maximum Gasteiger partial charge on any atom is 0.264 e. The zero-order chi connectivity index (χ0) is 11.5. The van der Waals surface area contributed by atoms with Crippen molar-refractivity contribution in [1.82, 2.24) is 14.9 Å². The van der Waals surface area contributed by atoms with E-state index in [4.69, 9.17) is 0 Å². The first-order valence-electron chi connectivity index (χ1n) is 4.64. The van der Waals surface area contributed by atoms with E-state index in [2.05, 4.69) is 37.5 Å². The van der Waals surface area contributed by atoms with Crippen molar-refractivity contribution in [2.45, 2.75) is 26.2 Å². The highest BCUT2D eigenvalue weighted by atomic mass is 127. The van der Waals surface area contributed by atoms with Gasteiger partial charge in [-0.2, -0.15) is 0 Å². The Bertz CT molecular complexity index is 345. The molecular weight excluding hydrogens is 325 g/mol. The first kappa shape index (κ1) is 12.8. The van der Waals surface area contributed by atoms with Gasteiger partial charge in [-0.1, -0.05) is 47.9 Å². The average Bonchev–Trinajstić information content (AvgIpc) is 2.61. The van der Waals surface area contributed by atoms with Crippen molar-refractivity contribution in [2.75, 3.05) is 11.0 Å². The fourth-order valence-electron chi connectivity index (χ4n) is 1.07. The second-order valence-electron chi connectivity index (χ2n) is 4.15. The van der Waals surface area contributed by atoms with Gasteiger partial charge < -0.3 is 5.32 Å². The maximum absolute atomic E-state index is 11.7. The minimum Gasteiger partial charge on any atom is -0.350 e. The molecule has 0 spiro atoms. The monoisotopic (exact) mass is 339 g/mol. The molecule has 4 nitrogen and oxygen atoms in total. The Hall–Kier alpha value is -0.240. The number of hydrogen-bond donors (Lipinski definition) is 1. The minimum atomic E-state index is -0.135. The van der Waals surface area contributed by atoms with Crippen molar-refractivity contribution in [3.05, 3.63) is 10.6 Å². The van der Waals surface area contributed by atoms with Crippen molar-refractivity contribution < 1.29 is 4.79 Å². The zero-order valence-electron chi connectivity index (χ0n) is 9.00. The van der Waals surface area contributed by atoms with E-state index in [9.17, 15) is 4.79 Å². The van der Waals surface area contributed by atoms with Crippen molar-refractivity contribution in [2.24, 2.45) is 0 Å². The lowest BCUT2D eigenvalue weighted by molar-refractivity contribution is 0.0958. The quantitative estimate of drug-likeness (QED) is 0.677. The van der Waals surface area contributed by atoms with Crippen molar-refractivity contribution in [1.29, 1.82) is 0 Å². The first-order valence-corrected chi connectivity index (χ1v) is 6.93. The Kier molecular flexibility index (Phi) is 4.45. The lowest BCUT2D eigenvalue weighted by Gasteiger charge is -2.15. The van der Waals surface area contributed by atoms with E-state index in [0.717, 1.165) is 21.7 Å². The van der Waals surface area contributed by atoms with E-state index in [1.165, 1.54) is 0 Å². The lowest BCUT2D eigenvalue weighted by atomic mass is 9.91. The summed E-state index contributed by atoms with van der Waals surface area (Å²) >= 11 is 3.38. The molecule has 0 aliphatic carbocycles. The molecule has 0 bridgehead atoms.